The molecule has 2 aromatic rings. The summed E-state index contributed by atoms with van der Waals surface area (Å²) in [6, 6.07) is 12.9. The van der Waals surface area contributed by atoms with Gasteiger partial charge in [-0.3, -0.25) is 5.43 Å². The molecule has 5 nitrogen and oxygen atoms in total. The van der Waals surface area contributed by atoms with Crippen LogP contribution in [-0.2, 0) is 6.61 Å². The van der Waals surface area contributed by atoms with Crippen LogP contribution in [-0.4, -0.2) is 18.4 Å². The zero-order valence-electron chi connectivity index (χ0n) is 12.5. The summed E-state index contributed by atoms with van der Waals surface area (Å²) in [4.78, 5) is 0. The molecular formula is C16H16ClN3O2S. The third-order valence-electron chi connectivity index (χ3n) is 2.86. The van der Waals surface area contributed by atoms with E-state index in [1.165, 1.54) is 0 Å². The minimum atomic E-state index is 0.104. The first-order valence-electron chi connectivity index (χ1n) is 6.72. The molecule has 7 heteroatoms. The Morgan fingerprint density at radius 3 is 2.83 bits per heavy atom. The van der Waals surface area contributed by atoms with Gasteiger partial charge in [-0.1, -0.05) is 23.7 Å². The van der Waals surface area contributed by atoms with Crippen LogP contribution in [0.15, 0.2) is 47.6 Å². The van der Waals surface area contributed by atoms with Crippen LogP contribution >= 0.6 is 23.8 Å². The van der Waals surface area contributed by atoms with Crippen molar-refractivity contribution in [3.05, 3.63) is 58.6 Å². The Morgan fingerprint density at radius 2 is 2.13 bits per heavy atom. The molecule has 0 radical (unpaired) electrons. The second kappa shape index (κ2) is 8.36. The second-order valence-corrected chi connectivity index (χ2v) is 5.44. The Balaban J connectivity index is 2.12. The quantitative estimate of drug-likeness (QED) is 0.476. The molecule has 0 saturated carbocycles. The molecule has 3 N–H and O–H groups in total. The number of thiocarbonyl (C=S) groups is 1. The summed E-state index contributed by atoms with van der Waals surface area (Å²) in [5.74, 6) is 1.23. The average Bonchev–Trinajstić information content (AvgIpc) is 2.53. The van der Waals surface area contributed by atoms with Gasteiger partial charge < -0.3 is 15.2 Å². The number of nitrogens with zero attached hydrogens (tertiary/aromatic N) is 1. The minimum Gasteiger partial charge on any atom is -0.493 e. The molecular weight excluding hydrogens is 334 g/mol. The van der Waals surface area contributed by atoms with Crippen LogP contribution in [0, 0.1) is 0 Å². The number of methoxy groups -OCH3 is 1. The van der Waals surface area contributed by atoms with Crippen LogP contribution in [0.1, 0.15) is 11.1 Å². The first-order valence-corrected chi connectivity index (χ1v) is 7.51. The van der Waals surface area contributed by atoms with Crippen molar-refractivity contribution in [1.29, 1.82) is 0 Å². The van der Waals surface area contributed by atoms with E-state index in [4.69, 9.17) is 26.8 Å². The Morgan fingerprint density at radius 1 is 1.30 bits per heavy atom. The lowest BCUT2D eigenvalue weighted by molar-refractivity contribution is 0.284. The van der Waals surface area contributed by atoms with E-state index in [0.29, 0.717) is 23.1 Å². The molecule has 0 aliphatic rings. The zero-order valence-corrected chi connectivity index (χ0v) is 14.0. The Kier molecular flexibility index (Phi) is 6.19. The van der Waals surface area contributed by atoms with Gasteiger partial charge in [0.25, 0.3) is 0 Å². The molecule has 0 atom stereocenters. The highest BCUT2D eigenvalue weighted by Crippen LogP contribution is 2.28. The zero-order chi connectivity index (χ0) is 16.7. The topological polar surface area (TPSA) is 68.9 Å². The Bertz CT molecular complexity index is 722. The lowest BCUT2D eigenvalue weighted by Crippen LogP contribution is -2.23. The van der Waals surface area contributed by atoms with Crippen LogP contribution in [0.5, 0.6) is 11.5 Å². The van der Waals surface area contributed by atoms with E-state index in [1.54, 1.807) is 19.4 Å². The summed E-state index contributed by atoms with van der Waals surface area (Å²) in [5.41, 5.74) is 9.59. The lowest BCUT2D eigenvalue weighted by Gasteiger charge is -2.11. The largest absolute Gasteiger partial charge is 0.493 e. The number of nitrogens with two attached hydrogens (primary N) is 1. The average molecular weight is 350 g/mol. The van der Waals surface area contributed by atoms with Gasteiger partial charge in [0.05, 0.1) is 13.3 Å². The molecule has 0 aliphatic carbocycles. The van der Waals surface area contributed by atoms with Crippen molar-refractivity contribution < 1.29 is 9.47 Å². The number of halogens is 1. The predicted octanol–water partition coefficient (Wildman–Crippen LogP) is 3.09. The molecule has 0 spiro atoms. The van der Waals surface area contributed by atoms with Gasteiger partial charge in [0.15, 0.2) is 16.6 Å². The van der Waals surface area contributed by atoms with Crippen LogP contribution in [0.2, 0.25) is 5.02 Å². The van der Waals surface area contributed by atoms with E-state index in [0.717, 1.165) is 11.1 Å². The van der Waals surface area contributed by atoms with Crippen LogP contribution in [0.4, 0.5) is 0 Å². The van der Waals surface area contributed by atoms with Crippen molar-refractivity contribution in [3.63, 3.8) is 0 Å². The number of rotatable bonds is 6. The van der Waals surface area contributed by atoms with E-state index in [-0.39, 0.29) is 5.11 Å². The summed E-state index contributed by atoms with van der Waals surface area (Å²) < 4.78 is 11.1. The van der Waals surface area contributed by atoms with Crippen LogP contribution in [0.25, 0.3) is 0 Å². The van der Waals surface area contributed by atoms with Gasteiger partial charge in [-0.25, -0.2) is 0 Å². The molecule has 120 valence electrons. The van der Waals surface area contributed by atoms with Crippen LogP contribution in [0.3, 0.4) is 0 Å². The number of nitrogens with one attached hydrogen (secondary N) is 1. The van der Waals surface area contributed by atoms with Crippen molar-refractivity contribution in [2.24, 2.45) is 10.8 Å². The molecule has 0 aromatic heterocycles. The smallest absolute Gasteiger partial charge is 0.184 e. The predicted molar refractivity (Wildman–Crippen MR) is 96.3 cm³/mol. The monoisotopic (exact) mass is 349 g/mol. The highest BCUT2D eigenvalue weighted by Gasteiger charge is 2.06. The number of ether oxygens (including phenoxy) is 2. The molecule has 0 amide bonds. The van der Waals surface area contributed by atoms with Gasteiger partial charge in [-0.15, -0.1) is 0 Å². The van der Waals surface area contributed by atoms with Gasteiger partial charge in [-0.05, 0) is 53.7 Å². The molecule has 0 heterocycles. The third-order valence-corrected chi connectivity index (χ3v) is 3.19. The highest BCUT2D eigenvalue weighted by atomic mass is 35.5. The minimum absolute atomic E-state index is 0.104. The molecule has 0 aliphatic heterocycles. The summed E-state index contributed by atoms with van der Waals surface area (Å²) in [6.07, 6.45) is 1.59. The first kappa shape index (κ1) is 17.1. The molecule has 0 bridgehead atoms. The molecule has 2 aromatic carbocycles. The number of hydrogen-bond donors (Lipinski definition) is 2. The molecule has 23 heavy (non-hydrogen) atoms. The van der Waals surface area contributed by atoms with E-state index >= 15 is 0 Å². The third kappa shape index (κ3) is 5.43. The van der Waals surface area contributed by atoms with Gasteiger partial charge in [0, 0.05) is 5.02 Å². The number of benzene rings is 2. The van der Waals surface area contributed by atoms with Gasteiger partial charge in [0.1, 0.15) is 6.61 Å². The summed E-state index contributed by atoms with van der Waals surface area (Å²) in [6.45, 7) is 0.378. The van der Waals surface area contributed by atoms with Crippen molar-refractivity contribution in [1.82, 2.24) is 5.43 Å². The molecule has 0 fully saturated rings. The first-order chi connectivity index (χ1) is 11.1. The standard InChI is InChI=1S/C16H16ClN3O2S/c1-21-14-6-5-11(9-19-20-16(18)23)8-15(14)22-10-12-3-2-4-13(17)7-12/h2-9H,10H2,1H3,(H3,18,20,23). The molecule has 0 saturated heterocycles. The van der Waals surface area contributed by atoms with Gasteiger partial charge in [-0.2, -0.15) is 5.10 Å². The van der Waals surface area contributed by atoms with E-state index in [2.05, 4.69) is 22.7 Å². The normalized spacial score (nSPS) is 10.5. The maximum absolute atomic E-state index is 5.97. The summed E-state index contributed by atoms with van der Waals surface area (Å²) in [7, 11) is 1.59. The summed E-state index contributed by atoms with van der Waals surface area (Å²) >= 11 is 10.6. The second-order valence-electron chi connectivity index (χ2n) is 4.56. The molecule has 2 rings (SSSR count). The fourth-order valence-corrected chi connectivity index (χ4v) is 2.11. The van der Waals surface area contributed by atoms with Crippen molar-refractivity contribution in [3.8, 4) is 11.5 Å². The summed E-state index contributed by atoms with van der Waals surface area (Å²) in [5, 5.41) is 4.69. The van der Waals surface area contributed by atoms with Gasteiger partial charge in [0.2, 0.25) is 0 Å². The van der Waals surface area contributed by atoms with Gasteiger partial charge >= 0.3 is 0 Å². The fourth-order valence-electron chi connectivity index (χ4n) is 1.84. The SMILES string of the molecule is COc1ccc(C=NNC(N)=S)cc1OCc1cccc(Cl)c1. The van der Waals surface area contributed by atoms with E-state index < -0.39 is 0 Å². The fraction of sp³-hybridized carbons (Fsp3) is 0.125. The van der Waals surface area contributed by atoms with Crippen molar-refractivity contribution in [2.75, 3.05) is 7.11 Å². The van der Waals surface area contributed by atoms with Crippen LogP contribution < -0.4 is 20.6 Å². The number of hydrazone groups is 1. The lowest BCUT2D eigenvalue weighted by atomic mass is 10.2. The van der Waals surface area contributed by atoms with Crippen molar-refractivity contribution >= 4 is 35.1 Å². The van der Waals surface area contributed by atoms with E-state index in [9.17, 15) is 0 Å². The van der Waals surface area contributed by atoms with E-state index in [1.807, 2.05) is 36.4 Å². The maximum atomic E-state index is 5.97. The Labute approximate surface area is 145 Å². The Hall–Kier alpha value is -2.31. The highest BCUT2D eigenvalue weighted by molar-refractivity contribution is 7.80. The molecule has 0 unspecified atom stereocenters. The maximum Gasteiger partial charge on any atom is 0.184 e. The van der Waals surface area contributed by atoms with Crippen molar-refractivity contribution in [2.45, 2.75) is 6.61 Å². The number of hydrogen-bond acceptors (Lipinski definition) is 4.